The third-order valence-electron chi connectivity index (χ3n) is 2.66. The number of allylic oxidation sites excluding steroid dienone is 1. The van der Waals surface area contributed by atoms with E-state index in [1.165, 1.54) is 9.13 Å². The van der Waals surface area contributed by atoms with E-state index in [1.807, 2.05) is 25.1 Å². The second-order valence-electron chi connectivity index (χ2n) is 4.06. The zero-order chi connectivity index (χ0) is 13.1. The first kappa shape index (κ1) is 12.1. The van der Waals surface area contributed by atoms with Crippen molar-refractivity contribution in [2.75, 3.05) is 0 Å². The van der Waals surface area contributed by atoms with Crippen LogP contribution in [0.1, 0.15) is 5.56 Å². The third kappa shape index (κ3) is 2.18. The molecule has 92 valence electrons. The Morgan fingerprint density at radius 3 is 2.67 bits per heavy atom. The standard InChI is InChI=1S/C14H14N2O2/c1-3-7-15-8-9-16(14(18)13(15)17)12-6-4-5-11(2)10-12/h3-6,8-10H,1,7H2,2H3. The minimum Gasteiger partial charge on any atom is -0.306 e. The second kappa shape index (κ2) is 4.87. The molecule has 4 heteroatoms. The van der Waals surface area contributed by atoms with E-state index in [2.05, 4.69) is 6.58 Å². The van der Waals surface area contributed by atoms with Crippen LogP contribution < -0.4 is 11.1 Å². The molecule has 0 aliphatic heterocycles. The van der Waals surface area contributed by atoms with E-state index < -0.39 is 11.1 Å². The molecule has 0 fully saturated rings. The Bertz CT molecular complexity index is 695. The minimum absolute atomic E-state index is 0.336. The zero-order valence-electron chi connectivity index (χ0n) is 10.2. The summed E-state index contributed by atoms with van der Waals surface area (Å²) in [6, 6.07) is 7.45. The van der Waals surface area contributed by atoms with Crippen LogP contribution in [0.5, 0.6) is 0 Å². The third-order valence-corrected chi connectivity index (χ3v) is 2.66. The Morgan fingerprint density at radius 1 is 1.22 bits per heavy atom. The van der Waals surface area contributed by atoms with Gasteiger partial charge in [-0.2, -0.15) is 0 Å². The summed E-state index contributed by atoms with van der Waals surface area (Å²) in [5, 5.41) is 0. The first-order valence-corrected chi connectivity index (χ1v) is 5.63. The van der Waals surface area contributed by atoms with Crippen LogP contribution >= 0.6 is 0 Å². The summed E-state index contributed by atoms with van der Waals surface area (Å²) in [5.41, 5.74) is 0.640. The quantitative estimate of drug-likeness (QED) is 0.604. The average Bonchev–Trinajstić information content (AvgIpc) is 2.35. The van der Waals surface area contributed by atoms with Gasteiger partial charge in [0.2, 0.25) is 0 Å². The molecule has 0 radical (unpaired) electrons. The van der Waals surface area contributed by atoms with Gasteiger partial charge in [-0.1, -0.05) is 18.2 Å². The van der Waals surface area contributed by atoms with Crippen molar-refractivity contribution in [1.29, 1.82) is 0 Å². The highest BCUT2D eigenvalue weighted by molar-refractivity contribution is 5.35. The summed E-state index contributed by atoms with van der Waals surface area (Å²) < 4.78 is 2.69. The van der Waals surface area contributed by atoms with Crippen LogP contribution in [0.25, 0.3) is 5.69 Å². The maximum Gasteiger partial charge on any atom is 0.320 e. The molecular formula is C14H14N2O2. The fraction of sp³-hybridized carbons (Fsp3) is 0.143. The predicted molar refractivity (Wildman–Crippen MR) is 71.2 cm³/mol. The lowest BCUT2D eigenvalue weighted by Crippen LogP contribution is -2.39. The molecular weight excluding hydrogens is 228 g/mol. The van der Waals surface area contributed by atoms with Gasteiger partial charge in [-0.25, -0.2) is 0 Å². The van der Waals surface area contributed by atoms with E-state index in [0.29, 0.717) is 12.2 Å². The van der Waals surface area contributed by atoms with Gasteiger partial charge in [0.15, 0.2) is 0 Å². The van der Waals surface area contributed by atoms with Crippen LogP contribution in [-0.4, -0.2) is 9.13 Å². The topological polar surface area (TPSA) is 44.0 Å². The highest BCUT2D eigenvalue weighted by Gasteiger charge is 2.05. The summed E-state index contributed by atoms with van der Waals surface area (Å²) in [4.78, 5) is 23.8. The number of hydrogen-bond acceptors (Lipinski definition) is 2. The Labute approximate surface area is 104 Å². The summed E-state index contributed by atoms with van der Waals surface area (Å²) in [6.07, 6.45) is 4.77. The van der Waals surface area contributed by atoms with Crippen molar-refractivity contribution in [3.05, 3.63) is 75.6 Å². The maximum atomic E-state index is 12.0. The van der Waals surface area contributed by atoms with E-state index in [0.717, 1.165) is 5.56 Å². The van der Waals surface area contributed by atoms with Crippen molar-refractivity contribution in [1.82, 2.24) is 9.13 Å². The smallest absolute Gasteiger partial charge is 0.306 e. The maximum absolute atomic E-state index is 12.0. The summed E-state index contributed by atoms with van der Waals surface area (Å²) >= 11 is 0. The van der Waals surface area contributed by atoms with Gasteiger partial charge in [0.25, 0.3) is 0 Å². The number of nitrogens with zero attached hydrogens (tertiary/aromatic N) is 2. The van der Waals surface area contributed by atoms with Crippen LogP contribution in [0.3, 0.4) is 0 Å². The molecule has 18 heavy (non-hydrogen) atoms. The van der Waals surface area contributed by atoms with Gasteiger partial charge >= 0.3 is 11.1 Å². The van der Waals surface area contributed by atoms with Crippen molar-refractivity contribution >= 4 is 0 Å². The lowest BCUT2D eigenvalue weighted by atomic mass is 10.2. The van der Waals surface area contributed by atoms with Gasteiger partial charge in [0, 0.05) is 24.6 Å². The van der Waals surface area contributed by atoms with Crippen LogP contribution in [0.2, 0.25) is 0 Å². The SMILES string of the molecule is C=CCn1ccn(-c2cccc(C)c2)c(=O)c1=O. The normalized spacial score (nSPS) is 10.3. The molecule has 2 aromatic rings. The molecule has 2 rings (SSSR count). The number of aryl methyl sites for hydroxylation is 1. The molecule has 0 saturated carbocycles. The van der Waals surface area contributed by atoms with Crippen LogP contribution in [0, 0.1) is 6.92 Å². The molecule has 0 atom stereocenters. The molecule has 1 aromatic carbocycles. The van der Waals surface area contributed by atoms with Gasteiger partial charge in [-0.15, -0.1) is 6.58 Å². The van der Waals surface area contributed by atoms with Gasteiger partial charge in [-0.05, 0) is 24.6 Å². The molecule has 1 heterocycles. The van der Waals surface area contributed by atoms with E-state index in [-0.39, 0.29) is 0 Å². The van der Waals surface area contributed by atoms with Crippen molar-refractivity contribution in [2.45, 2.75) is 13.5 Å². The summed E-state index contributed by atoms with van der Waals surface area (Å²) in [5.74, 6) is 0. The van der Waals surface area contributed by atoms with Gasteiger partial charge in [0.1, 0.15) is 0 Å². The van der Waals surface area contributed by atoms with Crippen molar-refractivity contribution in [3.8, 4) is 5.69 Å². The van der Waals surface area contributed by atoms with E-state index in [1.54, 1.807) is 24.5 Å². The fourth-order valence-electron chi connectivity index (χ4n) is 1.77. The monoisotopic (exact) mass is 242 g/mol. The Hall–Kier alpha value is -2.36. The molecule has 0 aliphatic carbocycles. The first-order valence-electron chi connectivity index (χ1n) is 5.63. The average molecular weight is 242 g/mol. The van der Waals surface area contributed by atoms with Gasteiger partial charge in [-0.3, -0.25) is 14.2 Å². The molecule has 0 aliphatic rings. The molecule has 0 amide bonds. The number of rotatable bonds is 3. The number of hydrogen-bond donors (Lipinski definition) is 0. The molecule has 0 N–H and O–H groups in total. The minimum atomic E-state index is -0.551. The lowest BCUT2D eigenvalue weighted by molar-refractivity contribution is 0.733. The van der Waals surface area contributed by atoms with E-state index in [9.17, 15) is 9.59 Å². The van der Waals surface area contributed by atoms with Crippen molar-refractivity contribution in [2.24, 2.45) is 0 Å². The second-order valence-corrected chi connectivity index (χ2v) is 4.06. The Morgan fingerprint density at radius 2 is 2.00 bits per heavy atom. The predicted octanol–water partition coefficient (Wildman–Crippen LogP) is 1.49. The fourth-order valence-corrected chi connectivity index (χ4v) is 1.77. The van der Waals surface area contributed by atoms with Gasteiger partial charge in [0.05, 0.1) is 0 Å². The Balaban J connectivity index is 2.61. The van der Waals surface area contributed by atoms with Crippen molar-refractivity contribution in [3.63, 3.8) is 0 Å². The zero-order valence-corrected chi connectivity index (χ0v) is 10.2. The summed E-state index contributed by atoms with van der Waals surface area (Å²) in [6.45, 7) is 5.82. The highest BCUT2D eigenvalue weighted by atomic mass is 16.2. The number of aromatic nitrogens is 2. The van der Waals surface area contributed by atoms with E-state index >= 15 is 0 Å². The Kier molecular flexibility index (Phi) is 3.28. The highest BCUT2D eigenvalue weighted by Crippen LogP contribution is 2.06. The van der Waals surface area contributed by atoms with Crippen molar-refractivity contribution < 1.29 is 0 Å². The number of benzene rings is 1. The summed E-state index contributed by atoms with van der Waals surface area (Å²) in [7, 11) is 0. The molecule has 1 aromatic heterocycles. The van der Waals surface area contributed by atoms with Gasteiger partial charge < -0.3 is 4.57 Å². The van der Waals surface area contributed by atoms with Crippen LogP contribution in [-0.2, 0) is 6.54 Å². The molecule has 0 spiro atoms. The van der Waals surface area contributed by atoms with Crippen LogP contribution in [0.4, 0.5) is 0 Å². The molecule has 0 saturated heterocycles. The van der Waals surface area contributed by atoms with E-state index in [4.69, 9.17) is 0 Å². The lowest BCUT2D eigenvalue weighted by Gasteiger charge is -2.08. The first-order chi connectivity index (χ1) is 8.63. The largest absolute Gasteiger partial charge is 0.320 e. The molecule has 4 nitrogen and oxygen atoms in total. The van der Waals surface area contributed by atoms with Crippen LogP contribution in [0.15, 0.2) is 58.9 Å². The molecule has 0 unspecified atom stereocenters. The molecule has 0 bridgehead atoms.